The van der Waals surface area contributed by atoms with E-state index in [1.807, 2.05) is 27.2 Å². The quantitative estimate of drug-likeness (QED) is 0.764. The first-order valence-corrected chi connectivity index (χ1v) is 4.25. The molecule has 0 amide bonds. The van der Waals surface area contributed by atoms with Crippen LogP contribution in [0.2, 0.25) is 0 Å². The number of hydrogen-bond donors (Lipinski definition) is 1. The molecular formula is C10H15FN2. The zero-order chi connectivity index (χ0) is 9.84. The molecule has 13 heavy (non-hydrogen) atoms. The van der Waals surface area contributed by atoms with Crippen molar-refractivity contribution in [1.29, 1.82) is 0 Å². The van der Waals surface area contributed by atoms with Crippen LogP contribution in [0.3, 0.4) is 0 Å². The summed E-state index contributed by atoms with van der Waals surface area (Å²) in [7, 11) is 5.50. The number of rotatable bonds is 3. The van der Waals surface area contributed by atoms with Crippen molar-refractivity contribution >= 4 is 5.69 Å². The maximum Gasteiger partial charge on any atom is 0.146 e. The Morgan fingerprint density at radius 1 is 1.38 bits per heavy atom. The third-order valence-electron chi connectivity index (χ3n) is 1.87. The summed E-state index contributed by atoms with van der Waals surface area (Å²) in [6.07, 6.45) is 0. The number of benzene rings is 1. The molecular weight excluding hydrogens is 167 g/mol. The van der Waals surface area contributed by atoms with Gasteiger partial charge in [-0.1, -0.05) is 6.07 Å². The van der Waals surface area contributed by atoms with Crippen LogP contribution in [0.5, 0.6) is 0 Å². The number of halogens is 1. The van der Waals surface area contributed by atoms with Crippen LogP contribution in [0.25, 0.3) is 0 Å². The Hall–Kier alpha value is -1.09. The second-order valence-corrected chi connectivity index (χ2v) is 3.21. The zero-order valence-corrected chi connectivity index (χ0v) is 8.26. The fourth-order valence-electron chi connectivity index (χ4n) is 1.23. The van der Waals surface area contributed by atoms with Crippen LogP contribution in [-0.2, 0) is 6.54 Å². The molecule has 0 aliphatic heterocycles. The summed E-state index contributed by atoms with van der Waals surface area (Å²) in [5.74, 6) is -0.169. The lowest BCUT2D eigenvalue weighted by Gasteiger charge is -2.13. The molecule has 1 aromatic rings. The molecule has 0 aliphatic carbocycles. The first-order valence-electron chi connectivity index (χ1n) is 4.25. The maximum atomic E-state index is 13.4. The first-order chi connectivity index (χ1) is 6.15. The third kappa shape index (κ3) is 2.42. The summed E-state index contributed by atoms with van der Waals surface area (Å²) in [4.78, 5) is 1.76. The van der Waals surface area contributed by atoms with Gasteiger partial charge in [0, 0.05) is 20.6 Å². The molecule has 0 saturated carbocycles. The number of anilines is 1. The minimum Gasteiger partial charge on any atom is -0.375 e. The molecule has 0 radical (unpaired) electrons. The predicted octanol–water partition coefficient (Wildman–Crippen LogP) is 1.61. The van der Waals surface area contributed by atoms with Gasteiger partial charge in [-0.3, -0.25) is 0 Å². The van der Waals surface area contributed by atoms with Gasteiger partial charge in [0.05, 0.1) is 5.69 Å². The molecule has 0 bridgehead atoms. The standard InChI is InChI=1S/C10H15FN2/c1-12-7-8-4-5-10(13(2)3)9(11)6-8/h4-6,12H,7H2,1-3H3. The van der Waals surface area contributed by atoms with Crippen molar-refractivity contribution in [3.8, 4) is 0 Å². The second kappa shape index (κ2) is 4.23. The van der Waals surface area contributed by atoms with Gasteiger partial charge in [-0.2, -0.15) is 0 Å². The van der Waals surface area contributed by atoms with Crippen LogP contribution in [0.15, 0.2) is 18.2 Å². The van der Waals surface area contributed by atoms with E-state index in [-0.39, 0.29) is 5.82 Å². The lowest BCUT2D eigenvalue weighted by Crippen LogP contribution is -2.11. The van der Waals surface area contributed by atoms with Crippen molar-refractivity contribution in [3.63, 3.8) is 0 Å². The summed E-state index contributed by atoms with van der Waals surface area (Å²) < 4.78 is 13.4. The number of nitrogens with one attached hydrogen (secondary N) is 1. The van der Waals surface area contributed by atoms with Crippen LogP contribution in [0, 0.1) is 5.82 Å². The Balaban J connectivity index is 2.92. The van der Waals surface area contributed by atoms with Crippen LogP contribution in [-0.4, -0.2) is 21.1 Å². The monoisotopic (exact) mass is 182 g/mol. The van der Waals surface area contributed by atoms with Crippen molar-refractivity contribution in [1.82, 2.24) is 5.32 Å². The molecule has 0 spiro atoms. The van der Waals surface area contributed by atoms with Crippen molar-refractivity contribution in [2.24, 2.45) is 0 Å². The van der Waals surface area contributed by atoms with E-state index in [1.54, 1.807) is 17.0 Å². The molecule has 1 aromatic carbocycles. The first kappa shape index (κ1) is 9.99. The van der Waals surface area contributed by atoms with Crippen molar-refractivity contribution < 1.29 is 4.39 Å². The Morgan fingerprint density at radius 2 is 2.08 bits per heavy atom. The van der Waals surface area contributed by atoms with Gasteiger partial charge in [0.25, 0.3) is 0 Å². The van der Waals surface area contributed by atoms with Gasteiger partial charge < -0.3 is 10.2 Å². The molecule has 0 aliphatic rings. The molecule has 0 saturated heterocycles. The Morgan fingerprint density at radius 3 is 2.54 bits per heavy atom. The van der Waals surface area contributed by atoms with Gasteiger partial charge in [0.2, 0.25) is 0 Å². The minimum atomic E-state index is -0.169. The van der Waals surface area contributed by atoms with E-state index in [1.165, 1.54) is 0 Å². The summed E-state index contributed by atoms with van der Waals surface area (Å²) in [5.41, 5.74) is 1.59. The van der Waals surface area contributed by atoms with Gasteiger partial charge in [0.15, 0.2) is 0 Å². The van der Waals surface area contributed by atoms with Crippen LogP contribution in [0.1, 0.15) is 5.56 Å². The Labute approximate surface area is 78.4 Å². The molecule has 72 valence electrons. The SMILES string of the molecule is CNCc1ccc(N(C)C)c(F)c1. The fraction of sp³-hybridized carbons (Fsp3) is 0.400. The van der Waals surface area contributed by atoms with Crippen LogP contribution in [0.4, 0.5) is 10.1 Å². The van der Waals surface area contributed by atoms with Gasteiger partial charge in [-0.15, -0.1) is 0 Å². The molecule has 0 atom stereocenters. The lowest BCUT2D eigenvalue weighted by atomic mass is 10.2. The normalized spacial score (nSPS) is 10.2. The molecule has 1 N–H and O–H groups in total. The minimum absolute atomic E-state index is 0.169. The van der Waals surface area contributed by atoms with Gasteiger partial charge in [-0.05, 0) is 24.7 Å². The largest absolute Gasteiger partial charge is 0.375 e. The highest BCUT2D eigenvalue weighted by Crippen LogP contribution is 2.17. The Kier molecular flexibility index (Phi) is 3.25. The van der Waals surface area contributed by atoms with E-state index in [0.29, 0.717) is 12.2 Å². The van der Waals surface area contributed by atoms with Gasteiger partial charge in [-0.25, -0.2) is 4.39 Å². The van der Waals surface area contributed by atoms with E-state index in [0.717, 1.165) is 5.56 Å². The van der Waals surface area contributed by atoms with Crippen LogP contribution < -0.4 is 10.2 Å². The van der Waals surface area contributed by atoms with Crippen molar-refractivity contribution in [3.05, 3.63) is 29.6 Å². The predicted molar refractivity (Wildman–Crippen MR) is 53.5 cm³/mol. The molecule has 0 aromatic heterocycles. The lowest BCUT2D eigenvalue weighted by molar-refractivity contribution is 0.622. The molecule has 0 fully saturated rings. The molecule has 1 rings (SSSR count). The number of hydrogen-bond acceptors (Lipinski definition) is 2. The highest BCUT2D eigenvalue weighted by molar-refractivity contribution is 5.47. The summed E-state index contributed by atoms with van der Waals surface area (Å²) in [6.45, 7) is 0.699. The average molecular weight is 182 g/mol. The molecule has 3 heteroatoms. The average Bonchev–Trinajstić information content (AvgIpc) is 2.04. The van der Waals surface area contributed by atoms with Crippen molar-refractivity contribution in [2.75, 3.05) is 26.0 Å². The van der Waals surface area contributed by atoms with Crippen LogP contribution >= 0.6 is 0 Å². The van der Waals surface area contributed by atoms with Gasteiger partial charge in [0.1, 0.15) is 5.82 Å². The zero-order valence-electron chi connectivity index (χ0n) is 8.26. The highest BCUT2D eigenvalue weighted by atomic mass is 19.1. The number of nitrogens with zero attached hydrogens (tertiary/aromatic N) is 1. The third-order valence-corrected chi connectivity index (χ3v) is 1.87. The Bertz CT molecular complexity index is 284. The smallest absolute Gasteiger partial charge is 0.146 e. The molecule has 2 nitrogen and oxygen atoms in total. The topological polar surface area (TPSA) is 15.3 Å². The van der Waals surface area contributed by atoms with E-state index in [2.05, 4.69) is 5.32 Å². The van der Waals surface area contributed by atoms with Gasteiger partial charge >= 0.3 is 0 Å². The molecule has 0 unspecified atom stereocenters. The van der Waals surface area contributed by atoms with E-state index < -0.39 is 0 Å². The highest BCUT2D eigenvalue weighted by Gasteiger charge is 2.04. The second-order valence-electron chi connectivity index (χ2n) is 3.21. The van der Waals surface area contributed by atoms with Crippen molar-refractivity contribution in [2.45, 2.75) is 6.54 Å². The fourth-order valence-corrected chi connectivity index (χ4v) is 1.23. The maximum absolute atomic E-state index is 13.4. The van der Waals surface area contributed by atoms with E-state index >= 15 is 0 Å². The van der Waals surface area contributed by atoms with E-state index in [4.69, 9.17) is 0 Å². The van der Waals surface area contributed by atoms with E-state index in [9.17, 15) is 4.39 Å². The summed E-state index contributed by atoms with van der Waals surface area (Å²) in [5, 5.41) is 2.98. The summed E-state index contributed by atoms with van der Waals surface area (Å²) >= 11 is 0. The summed E-state index contributed by atoms with van der Waals surface area (Å²) in [6, 6.07) is 5.28. The molecule has 0 heterocycles.